The van der Waals surface area contributed by atoms with Crippen molar-refractivity contribution in [3.8, 4) is 0 Å². The van der Waals surface area contributed by atoms with Crippen LogP contribution in [0.4, 0.5) is 4.39 Å². The van der Waals surface area contributed by atoms with Crippen molar-refractivity contribution in [1.82, 2.24) is 0 Å². The normalized spacial score (nSPS) is 27.9. The van der Waals surface area contributed by atoms with E-state index in [1.54, 1.807) is 24.3 Å². The van der Waals surface area contributed by atoms with Crippen LogP contribution in [0.25, 0.3) is 0 Å². The molecule has 0 N–H and O–H groups in total. The van der Waals surface area contributed by atoms with Gasteiger partial charge in [-0.25, -0.2) is 0 Å². The maximum absolute atomic E-state index is 14.8. The van der Waals surface area contributed by atoms with Gasteiger partial charge < -0.3 is 0 Å². The number of carbonyl (C=O) groups is 1. The van der Waals surface area contributed by atoms with Crippen molar-refractivity contribution in [3.63, 3.8) is 0 Å². The summed E-state index contributed by atoms with van der Waals surface area (Å²) in [7, 11) is 1.52. The molecule has 1 fully saturated rings. The van der Waals surface area contributed by atoms with Crippen LogP contribution in [0.3, 0.4) is 0 Å². The van der Waals surface area contributed by atoms with Gasteiger partial charge in [-0.2, -0.15) is 0 Å². The minimum atomic E-state index is -1.48. The van der Waals surface area contributed by atoms with E-state index in [4.69, 9.17) is 14.2 Å². The monoisotopic (exact) mass is 502 g/mol. The fraction of sp³-hybridized carbons (Fsp3) is 0.350. The van der Waals surface area contributed by atoms with Gasteiger partial charge in [-0.15, -0.1) is 0 Å². The molecule has 1 heterocycles. The van der Waals surface area contributed by atoms with Crippen molar-refractivity contribution in [2.75, 3.05) is 12.4 Å². The molecule has 3 unspecified atom stereocenters. The van der Waals surface area contributed by atoms with E-state index in [0.717, 1.165) is 4.46 Å². The average Bonchev–Trinajstić information content (AvgIpc) is 2.71. The first-order valence-electron chi connectivity index (χ1n) is 8.50. The van der Waals surface area contributed by atoms with E-state index >= 15 is 0 Å². The van der Waals surface area contributed by atoms with Crippen molar-refractivity contribution >= 4 is 41.3 Å². The molecular formula is C20H20BrFO4Se. The number of alkyl halides is 2. The number of hydrogen-bond donors (Lipinski definition) is 0. The summed E-state index contributed by atoms with van der Waals surface area (Å²) < 4.78 is 32.7. The number of methoxy groups -OCH3 is 1. The molecule has 1 aliphatic rings. The summed E-state index contributed by atoms with van der Waals surface area (Å²) in [6, 6.07) is 18.4. The van der Waals surface area contributed by atoms with Crippen LogP contribution < -0.4 is 4.46 Å². The standard InChI is InChI=1S/C20H20BrFO4Se/c1-24-17-16(26-20(23)13-8-4-2-5-9-13)15(12-21)25-19(22)18(17)27-14-10-6-3-7-11-14/h2-11,15-19H,12H2,1H3/t15?,16-,17?,18?,19-/m1/s1. The van der Waals surface area contributed by atoms with Crippen molar-refractivity contribution in [3.05, 3.63) is 66.2 Å². The summed E-state index contributed by atoms with van der Waals surface area (Å²) in [5.41, 5.74) is 0.438. The van der Waals surface area contributed by atoms with Gasteiger partial charge in [0.15, 0.2) is 0 Å². The van der Waals surface area contributed by atoms with Crippen LogP contribution in [0.15, 0.2) is 60.7 Å². The summed E-state index contributed by atoms with van der Waals surface area (Å²) >= 11 is 3.10. The number of rotatable bonds is 6. The van der Waals surface area contributed by atoms with E-state index in [1.807, 2.05) is 36.4 Å². The third kappa shape index (κ3) is 4.98. The Bertz CT molecular complexity index is 733. The molecule has 0 aromatic heterocycles. The van der Waals surface area contributed by atoms with Gasteiger partial charge in [0.05, 0.1) is 0 Å². The molecule has 0 radical (unpaired) electrons. The summed E-state index contributed by atoms with van der Waals surface area (Å²) in [4.78, 5) is 12.0. The maximum atomic E-state index is 14.8. The van der Waals surface area contributed by atoms with E-state index in [2.05, 4.69) is 15.9 Å². The van der Waals surface area contributed by atoms with E-state index < -0.39 is 35.5 Å². The predicted molar refractivity (Wildman–Crippen MR) is 106 cm³/mol. The van der Waals surface area contributed by atoms with E-state index in [-0.39, 0.29) is 15.0 Å². The number of benzene rings is 2. The van der Waals surface area contributed by atoms with Gasteiger partial charge in [-0.05, 0) is 0 Å². The van der Waals surface area contributed by atoms with Gasteiger partial charge in [0.25, 0.3) is 0 Å². The first-order chi connectivity index (χ1) is 13.1. The molecule has 0 saturated carbocycles. The SMILES string of the molecule is COC1C([Se]c2ccccc2)[C@H](F)OC(CBr)[C@H]1OC(=O)c1ccccc1. The summed E-state index contributed by atoms with van der Waals surface area (Å²) in [5, 5.41) is 0.338. The van der Waals surface area contributed by atoms with Crippen LogP contribution in [-0.4, -0.2) is 58.0 Å². The number of ether oxygens (including phenoxy) is 3. The second-order valence-electron chi connectivity index (χ2n) is 6.01. The number of esters is 1. The van der Waals surface area contributed by atoms with Crippen LogP contribution in [0.5, 0.6) is 0 Å². The third-order valence-corrected chi connectivity index (χ3v) is 7.63. The average molecular weight is 502 g/mol. The summed E-state index contributed by atoms with van der Waals surface area (Å²) in [6.45, 7) is 0. The summed E-state index contributed by atoms with van der Waals surface area (Å²) in [6.07, 6.45) is -3.40. The summed E-state index contributed by atoms with van der Waals surface area (Å²) in [5.74, 6) is -0.472. The molecule has 27 heavy (non-hydrogen) atoms. The Morgan fingerprint density at radius 1 is 1.11 bits per heavy atom. The quantitative estimate of drug-likeness (QED) is 0.346. The fourth-order valence-electron chi connectivity index (χ4n) is 2.95. The number of hydrogen-bond acceptors (Lipinski definition) is 4. The molecule has 0 bridgehead atoms. The van der Waals surface area contributed by atoms with Gasteiger partial charge in [0, 0.05) is 0 Å². The van der Waals surface area contributed by atoms with Crippen LogP contribution in [-0.2, 0) is 14.2 Å². The first-order valence-corrected chi connectivity index (χ1v) is 11.5. The fourth-order valence-corrected chi connectivity index (χ4v) is 5.99. The van der Waals surface area contributed by atoms with Crippen LogP contribution in [0.1, 0.15) is 10.4 Å². The molecule has 2 aromatic carbocycles. The molecule has 2 aromatic rings. The molecule has 3 rings (SSSR count). The van der Waals surface area contributed by atoms with E-state index in [0.29, 0.717) is 10.9 Å². The molecule has 0 aliphatic carbocycles. The van der Waals surface area contributed by atoms with Gasteiger partial charge in [0.2, 0.25) is 0 Å². The zero-order chi connectivity index (χ0) is 19.2. The number of halogens is 2. The van der Waals surface area contributed by atoms with Gasteiger partial charge in [-0.1, -0.05) is 0 Å². The molecule has 5 atom stereocenters. The second-order valence-corrected chi connectivity index (χ2v) is 9.28. The third-order valence-electron chi connectivity index (χ3n) is 4.27. The molecule has 1 saturated heterocycles. The Kier molecular flexibility index (Phi) is 7.44. The molecular weight excluding hydrogens is 482 g/mol. The Balaban J connectivity index is 1.81. The first kappa shape index (κ1) is 20.5. The van der Waals surface area contributed by atoms with Crippen molar-refractivity contribution in [1.29, 1.82) is 0 Å². The van der Waals surface area contributed by atoms with Gasteiger partial charge in [0.1, 0.15) is 0 Å². The van der Waals surface area contributed by atoms with E-state index in [1.165, 1.54) is 7.11 Å². The Hall–Kier alpha value is -1.24. The zero-order valence-corrected chi connectivity index (χ0v) is 18.0. The van der Waals surface area contributed by atoms with Gasteiger partial charge >= 0.3 is 173 Å². The van der Waals surface area contributed by atoms with Gasteiger partial charge in [-0.3, -0.25) is 0 Å². The molecule has 0 spiro atoms. The molecule has 4 nitrogen and oxygen atoms in total. The molecule has 7 heteroatoms. The second kappa shape index (κ2) is 9.80. The van der Waals surface area contributed by atoms with E-state index in [9.17, 15) is 9.18 Å². The van der Waals surface area contributed by atoms with Crippen LogP contribution >= 0.6 is 15.9 Å². The predicted octanol–water partition coefficient (Wildman–Crippen LogP) is 3.13. The van der Waals surface area contributed by atoms with Crippen LogP contribution in [0, 0.1) is 0 Å². The Morgan fingerprint density at radius 3 is 2.33 bits per heavy atom. The molecule has 144 valence electrons. The van der Waals surface area contributed by atoms with Crippen molar-refractivity contribution in [2.45, 2.75) is 29.5 Å². The Labute approximate surface area is 172 Å². The zero-order valence-electron chi connectivity index (χ0n) is 14.7. The van der Waals surface area contributed by atoms with Crippen molar-refractivity contribution in [2.24, 2.45) is 0 Å². The number of carbonyl (C=O) groups excluding carboxylic acids is 1. The van der Waals surface area contributed by atoms with Crippen molar-refractivity contribution < 1.29 is 23.4 Å². The molecule has 0 amide bonds. The minimum absolute atomic E-state index is 0.240. The molecule has 1 aliphatic heterocycles. The Morgan fingerprint density at radius 2 is 1.74 bits per heavy atom. The topological polar surface area (TPSA) is 44.8 Å². The van der Waals surface area contributed by atoms with Crippen LogP contribution in [0.2, 0.25) is 4.82 Å².